The van der Waals surface area contributed by atoms with Crippen molar-refractivity contribution in [1.29, 1.82) is 0 Å². The number of aryl methyl sites for hydroxylation is 1. The van der Waals surface area contributed by atoms with Gasteiger partial charge in [0, 0.05) is 25.3 Å². The highest BCUT2D eigenvalue weighted by Gasteiger charge is 2.15. The van der Waals surface area contributed by atoms with Crippen LogP contribution >= 0.6 is 11.8 Å². The van der Waals surface area contributed by atoms with Gasteiger partial charge in [0.1, 0.15) is 5.82 Å². The molecule has 27 heavy (non-hydrogen) atoms. The van der Waals surface area contributed by atoms with Gasteiger partial charge in [-0.15, -0.1) is 10.2 Å². The topological polar surface area (TPSA) is 76.9 Å². The molecule has 1 atom stereocenters. The monoisotopic (exact) mass is 408 g/mol. The molecule has 1 aromatic carbocycles. The second kappa shape index (κ2) is 10.6. The third kappa shape index (κ3) is 5.90. The summed E-state index contributed by atoms with van der Waals surface area (Å²) in [7, 11) is -1.15. The largest absolute Gasteiger partial charge is 0.352 e. The van der Waals surface area contributed by atoms with Crippen LogP contribution in [0.4, 0.5) is 0 Å². The molecule has 0 aliphatic heterocycles. The number of aromatic nitrogens is 3. The molecule has 1 amide bonds. The van der Waals surface area contributed by atoms with Crippen LogP contribution in [0.25, 0.3) is 0 Å². The zero-order chi connectivity index (χ0) is 19.8. The highest BCUT2D eigenvalue weighted by molar-refractivity contribution is 7.98. The van der Waals surface area contributed by atoms with Gasteiger partial charge in [0.25, 0.3) is 5.91 Å². The quantitative estimate of drug-likeness (QED) is 0.483. The molecule has 0 aliphatic carbocycles. The van der Waals surface area contributed by atoms with Gasteiger partial charge in [0.05, 0.1) is 21.3 Å². The number of nitrogens with zero attached hydrogens (tertiary/aromatic N) is 3. The lowest BCUT2D eigenvalue weighted by Gasteiger charge is -2.12. The highest BCUT2D eigenvalue weighted by atomic mass is 32.2. The minimum atomic E-state index is -1.15. The Morgan fingerprint density at radius 2 is 2.04 bits per heavy atom. The minimum Gasteiger partial charge on any atom is -0.352 e. The SMILES string of the molecule is CCS(=O)c1ccccc1C(=O)NCCCc1nnc(SC)n1CC(C)C. The number of carbonyl (C=O) groups excluding carboxylic acids is 1. The maximum atomic E-state index is 12.5. The van der Waals surface area contributed by atoms with Crippen molar-refractivity contribution in [3.05, 3.63) is 35.7 Å². The van der Waals surface area contributed by atoms with Crippen molar-refractivity contribution in [2.45, 2.75) is 50.2 Å². The van der Waals surface area contributed by atoms with Gasteiger partial charge in [-0.3, -0.25) is 9.00 Å². The second-order valence-corrected chi connectivity index (χ2v) is 9.08. The number of rotatable bonds is 10. The summed E-state index contributed by atoms with van der Waals surface area (Å²) in [6.07, 6.45) is 3.53. The summed E-state index contributed by atoms with van der Waals surface area (Å²) in [5.41, 5.74) is 0.491. The predicted octanol–water partition coefficient (Wildman–Crippen LogP) is 3.15. The van der Waals surface area contributed by atoms with E-state index in [0.29, 0.717) is 28.7 Å². The van der Waals surface area contributed by atoms with Crippen molar-refractivity contribution in [1.82, 2.24) is 20.1 Å². The van der Waals surface area contributed by atoms with Gasteiger partial charge in [-0.1, -0.05) is 44.7 Å². The van der Waals surface area contributed by atoms with E-state index in [4.69, 9.17) is 0 Å². The van der Waals surface area contributed by atoms with E-state index in [2.05, 4.69) is 33.9 Å². The van der Waals surface area contributed by atoms with Crippen LogP contribution in [0.5, 0.6) is 0 Å². The molecule has 1 unspecified atom stereocenters. The molecule has 148 valence electrons. The van der Waals surface area contributed by atoms with Gasteiger partial charge in [-0.05, 0) is 30.7 Å². The number of hydrogen-bond acceptors (Lipinski definition) is 5. The summed E-state index contributed by atoms with van der Waals surface area (Å²) in [6.45, 7) is 7.62. The number of thioether (sulfide) groups is 1. The second-order valence-electron chi connectivity index (χ2n) is 6.60. The fraction of sp³-hybridized carbons (Fsp3) is 0.526. The van der Waals surface area contributed by atoms with E-state index in [1.807, 2.05) is 19.2 Å². The van der Waals surface area contributed by atoms with Crippen molar-refractivity contribution >= 4 is 28.5 Å². The molecular weight excluding hydrogens is 380 g/mol. The molecule has 2 aromatic rings. The van der Waals surface area contributed by atoms with Gasteiger partial charge >= 0.3 is 0 Å². The minimum absolute atomic E-state index is 0.180. The first-order valence-corrected chi connectivity index (χ1v) is 11.7. The first-order valence-electron chi connectivity index (χ1n) is 9.19. The molecule has 0 saturated carbocycles. The summed E-state index contributed by atoms with van der Waals surface area (Å²) in [5, 5.41) is 12.4. The van der Waals surface area contributed by atoms with E-state index >= 15 is 0 Å². The normalized spacial score (nSPS) is 12.3. The van der Waals surface area contributed by atoms with Crippen molar-refractivity contribution in [2.24, 2.45) is 5.92 Å². The lowest BCUT2D eigenvalue weighted by Crippen LogP contribution is -2.26. The number of amides is 1. The van der Waals surface area contributed by atoms with E-state index in [9.17, 15) is 9.00 Å². The maximum Gasteiger partial charge on any atom is 0.252 e. The van der Waals surface area contributed by atoms with Gasteiger partial charge in [-0.25, -0.2) is 0 Å². The number of benzene rings is 1. The van der Waals surface area contributed by atoms with Gasteiger partial charge in [0.2, 0.25) is 0 Å². The Morgan fingerprint density at radius 3 is 2.70 bits per heavy atom. The predicted molar refractivity (Wildman–Crippen MR) is 111 cm³/mol. The van der Waals surface area contributed by atoms with Gasteiger partial charge < -0.3 is 9.88 Å². The molecule has 0 fully saturated rings. The fourth-order valence-electron chi connectivity index (χ4n) is 2.76. The van der Waals surface area contributed by atoms with Crippen LogP contribution < -0.4 is 5.32 Å². The molecule has 6 nitrogen and oxygen atoms in total. The molecule has 0 spiro atoms. The van der Waals surface area contributed by atoms with Crippen LogP contribution in [-0.4, -0.2) is 43.4 Å². The number of nitrogens with one attached hydrogen (secondary N) is 1. The van der Waals surface area contributed by atoms with Crippen molar-refractivity contribution in [2.75, 3.05) is 18.6 Å². The van der Waals surface area contributed by atoms with E-state index in [1.165, 1.54) is 0 Å². The molecule has 0 radical (unpaired) electrons. The van der Waals surface area contributed by atoms with Gasteiger partial charge in [-0.2, -0.15) is 0 Å². The standard InChI is InChI=1S/C19H28N4O2S2/c1-5-27(25)16-10-7-6-9-15(16)18(24)20-12-8-11-17-21-22-19(26-4)23(17)13-14(2)3/h6-7,9-10,14H,5,8,11-13H2,1-4H3,(H,20,24). The van der Waals surface area contributed by atoms with Crippen LogP contribution in [0.3, 0.4) is 0 Å². The molecule has 2 rings (SSSR count). The van der Waals surface area contributed by atoms with Crippen LogP contribution in [0, 0.1) is 5.92 Å². The van der Waals surface area contributed by atoms with Crippen molar-refractivity contribution in [3.8, 4) is 0 Å². The Labute approximate surface area is 168 Å². The molecule has 1 heterocycles. The summed E-state index contributed by atoms with van der Waals surface area (Å²) in [6, 6.07) is 7.09. The van der Waals surface area contributed by atoms with Crippen LogP contribution in [0.15, 0.2) is 34.3 Å². The lowest BCUT2D eigenvalue weighted by atomic mass is 10.2. The average molecular weight is 409 g/mol. The molecule has 8 heteroatoms. The molecule has 1 N–H and O–H groups in total. The summed E-state index contributed by atoms with van der Waals surface area (Å²) < 4.78 is 14.3. The molecule has 1 aromatic heterocycles. The summed E-state index contributed by atoms with van der Waals surface area (Å²) in [5.74, 6) is 1.78. The molecular formula is C19H28N4O2S2. The zero-order valence-corrected chi connectivity index (χ0v) is 18.0. The third-order valence-electron chi connectivity index (χ3n) is 4.03. The Morgan fingerprint density at radius 1 is 1.30 bits per heavy atom. The van der Waals surface area contributed by atoms with E-state index < -0.39 is 10.8 Å². The zero-order valence-electron chi connectivity index (χ0n) is 16.4. The Hall–Kier alpha value is -1.67. The van der Waals surface area contributed by atoms with E-state index in [0.717, 1.165) is 30.4 Å². The van der Waals surface area contributed by atoms with Crippen LogP contribution in [0.2, 0.25) is 0 Å². The van der Waals surface area contributed by atoms with E-state index in [-0.39, 0.29) is 5.91 Å². The fourth-order valence-corrected chi connectivity index (χ4v) is 4.23. The molecule has 0 saturated heterocycles. The molecule has 0 aliphatic rings. The van der Waals surface area contributed by atoms with Crippen molar-refractivity contribution in [3.63, 3.8) is 0 Å². The Balaban J connectivity index is 1.94. The highest BCUT2D eigenvalue weighted by Crippen LogP contribution is 2.17. The van der Waals surface area contributed by atoms with Gasteiger partial charge in [0.15, 0.2) is 5.16 Å². The first-order chi connectivity index (χ1) is 13.0. The first kappa shape index (κ1) is 21.6. The Bertz CT molecular complexity index is 790. The molecule has 0 bridgehead atoms. The van der Waals surface area contributed by atoms with Crippen LogP contribution in [0.1, 0.15) is 43.4 Å². The third-order valence-corrected chi connectivity index (χ3v) is 6.06. The summed E-state index contributed by atoms with van der Waals surface area (Å²) >= 11 is 1.60. The maximum absolute atomic E-state index is 12.5. The smallest absolute Gasteiger partial charge is 0.252 e. The van der Waals surface area contributed by atoms with E-state index in [1.54, 1.807) is 30.0 Å². The summed E-state index contributed by atoms with van der Waals surface area (Å²) in [4.78, 5) is 13.1. The van der Waals surface area contributed by atoms with Crippen molar-refractivity contribution < 1.29 is 9.00 Å². The number of hydrogen-bond donors (Lipinski definition) is 1. The average Bonchev–Trinajstić information content (AvgIpc) is 3.05. The number of carbonyl (C=O) groups is 1. The Kier molecular flexibility index (Phi) is 8.50. The van der Waals surface area contributed by atoms with Crippen LogP contribution in [-0.2, 0) is 23.8 Å². The lowest BCUT2D eigenvalue weighted by molar-refractivity contribution is 0.0950.